The second kappa shape index (κ2) is 9.69. The summed E-state index contributed by atoms with van der Waals surface area (Å²) in [6.07, 6.45) is 0.824. The lowest BCUT2D eigenvalue weighted by Gasteiger charge is -2.36. The number of benzene rings is 1. The topological polar surface area (TPSA) is 64.1 Å². The number of carbonyl (C=O) groups is 2. The molecule has 0 unspecified atom stereocenters. The molecule has 26 heavy (non-hydrogen) atoms. The van der Waals surface area contributed by atoms with Crippen LogP contribution in [-0.4, -0.2) is 77.0 Å². The van der Waals surface area contributed by atoms with E-state index in [4.69, 9.17) is 5.11 Å². The number of aryl methyl sites for hydroxylation is 1. The van der Waals surface area contributed by atoms with Gasteiger partial charge >= 0.3 is 5.97 Å². The Bertz CT molecular complexity index is 612. The van der Waals surface area contributed by atoms with E-state index in [0.29, 0.717) is 13.1 Å². The monoisotopic (exact) mass is 361 g/mol. The third kappa shape index (κ3) is 5.81. The molecule has 0 bridgehead atoms. The Labute approximate surface area is 156 Å². The first-order valence-electron chi connectivity index (χ1n) is 9.41. The lowest BCUT2D eigenvalue weighted by molar-refractivity contribution is -0.141. The van der Waals surface area contributed by atoms with Crippen molar-refractivity contribution < 1.29 is 14.7 Å². The van der Waals surface area contributed by atoms with Crippen molar-refractivity contribution in [2.75, 3.05) is 39.3 Å². The Morgan fingerprint density at radius 2 is 1.81 bits per heavy atom. The fourth-order valence-corrected chi connectivity index (χ4v) is 3.26. The second-order valence-electron chi connectivity index (χ2n) is 7.14. The normalized spacial score (nSPS) is 16.7. The van der Waals surface area contributed by atoms with Crippen molar-refractivity contribution in [2.24, 2.45) is 0 Å². The van der Waals surface area contributed by atoms with E-state index in [1.165, 1.54) is 11.1 Å². The maximum Gasteiger partial charge on any atom is 0.317 e. The summed E-state index contributed by atoms with van der Waals surface area (Å²) in [4.78, 5) is 29.7. The van der Waals surface area contributed by atoms with Gasteiger partial charge in [-0.15, -0.1) is 0 Å². The molecule has 6 nitrogen and oxygen atoms in total. The Hall–Kier alpha value is -1.92. The van der Waals surface area contributed by atoms with Crippen LogP contribution >= 0.6 is 0 Å². The summed E-state index contributed by atoms with van der Waals surface area (Å²) < 4.78 is 0. The maximum atomic E-state index is 12.6. The number of piperazine rings is 1. The van der Waals surface area contributed by atoms with Gasteiger partial charge in [0.1, 0.15) is 0 Å². The van der Waals surface area contributed by atoms with Gasteiger partial charge < -0.3 is 10.0 Å². The molecule has 1 amide bonds. The highest BCUT2D eigenvalue weighted by atomic mass is 16.4. The second-order valence-corrected chi connectivity index (χ2v) is 7.14. The van der Waals surface area contributed by atoms with E-state index in [0.717, 1.165) is 26.1 Å². The van der Waals surface area contributed by atoms with E-state index in [9.17, 15) is 9.59 Å². The number of carboxylic acids is 1. The number of aliphatic carboxylic acids is 1. The number of amides is 1. The van der Waals surface area contributed by atoms with Gasteiger partial charge in [0.15, 0.2) is 0 Å². The number of hydrogen-bond donors (Lipinski definition) is 1. The van der Waals surface area contributed by atoms with Crippen LogP contribution in [0.4, 0.5) is 0 Å². The molecule has 1 saturated heterocycles. The van der Waals surface area contributed by atoms with Crippen molar-refractivity contribution in [3.8, 4) is 0 Å². The number of carbonyl (C=O) groups excluding carboxylic acids is 1. The average Bonchev–Trinajstić information content (AvgIpc) is 2.62. The lowest BCUT2D eigenvalue weighted by Crippen LogP contribution is -2.52. The number of rotatable bonds is 8. The Morgan fingerprint density at radius 3 is 2.38 bits per heavy atom. The highest BCUT2D eigenvalue weighted by Crippen LogP contribution is 2.13. The molecule has 1 N–H and O–H groups in total. The van der Waals surface area contributed by atoms with Crippen LogP contribution in [0.5, 0.6) is 0 Å². The van der Waals surface area contributed by atoms with Crippen molar-refractivity contribution in [3.63, 3.8) is 0 Å². The molecule has 0 aliphatic carbocycles. The number of carboxylic acid groups (broad SMARTS) is 1. The van der Waals surface area contributed by atoms with Gasteiger partial charge in [-0.2, -0.15) is 0 Å². The smallest absolute Gasteiger partial charge is 0.317 e. The van der Waals surface area contributed by atoms with E-state index < -0.39 is 5.97 Å². The van der Waals surface area contributed by atoms with Gasteiger partial charge in [0.05, 0.1) is 13.1 Å². The molecule has 6 heteroatoms. The van der Waals surface area contributed by atoms with Crippen molar-refractivity contribution in [2.45, 2.75) is 39.8 Å². The molecule has 1 fully saturated rings. The minimum Gasteiger partial charge on any atom is -0.480 e. The molecule has 1 aromatic carbocycles. The molecule has 1 aromatic rings. The minimum absolute atomic E-state index is 0.0297. The Kier molecular flexibility index (Phi) is 7.60. The summed E-state index contributed by atoms with van der Waals surface area (Å²) in [5.41, 5.74) is 2.63. The predicted octanol–water partition coefficient (Wildman–Crippen LogP) is 1.82. The van der Waals surface area contributed by atoms with Gasteiger partial charge in [0.25, 0.3) is 0 Å². The quantitative estimate of drug-likeness (QED) is 0.765. The van der Waals surface area contributed by atoms with Crippen LogP contribution in [0, 0.1) is 6.92 Å². The molecule has 1 aliphatic rings. The summed E-state index contributed by atoms with van der Waals surface area (Å²) in [5, 5.41) is 9.08. The largest absolute Gasteiger partial charge is 0.480 e. The van der Waals surface area contributed by atoms with Crippen LogP contribution in [-0.2, 0) is 16.1 Å². The highest BCUT2D eigenvalue weighted by Gasteiger charge is 2.25. The molecule has 0 aromatic heterocycles. The fraction of sp³-hybridized carbons (Fsp3) is 0.600. The average molecular weight is 361 g/mol. The van der Waals surface area contributed by atoms with E-state index in [-0.39, 0.29) is 25.0 Å². The van der Waals surface area contributed by atoms with Gasteiger partial charge in [0, 0.05) is 38.8 Å². The first-order chi connectivity index (χ1) is 12.4. The van der Waals surface area contributed by atoms with Gasteiger partial charge in [-0.1, -0.05) is 31.2 Å². The van der Waals surface area contributed by atoms with Crippen molar-refractivity contribution in [1.82, 2.24) is 14.7 Å². The number of hydrogen-bond acceptors (Lipinski definition) is 4. The molecule has 1 heterocycles. The molecule has 144 valence electrons. The SMILES string of the molecule is CC[C@@H](C)N(CC(=O)O)CC(=O)N1CCN(Cc2ccccc2C)CC1. The molecule has 0 radical (unpaired) electrons. The van der Waals surface area contributed by atoms with Crippen molar-refractivity contribution in [1.29, 1.82) is 0 Å². The van der Waals surface area contributed by atoms with E-state index >= 15 is 0 Å². The summed E-state index contributed by atoms with van der Waals surface area (Å²) >= 11 is 0. The zero-order valence-corrected chi connectivity index (χ0v) is 16.1. The van der Waals surface area contributed by atoms with Crippen LogP contribution in [0.3, 0.4) is 0 Å². The van der Waals surface area contributed by atoms with E-state index in [1.807, 2.05) is 18.7 Å². The van der Waals surface area contributed by atoms with Gasteiger partial charge in [0.2, 0.25) is 5.91 Å². The molecule has 2 rings (SSSR count). The number of nitrogens with zero attached hydrogens (tertiary/aromatic N) is 3. The van der Waals surface area contributed by atoms with E-state index in [1.54, 1.807) is 4.90 Å². The van der Waals surface area contributed by atoms with Gasteiger partial charge in [-0.25, -0.2) is 0 Å². The molecular weight excluding hydrogens is 330 g/mol. The first kappa shape index (κ1) is 20.4. The van der Waals surface area contributed by atoms with E-state index in [2.05, 4.69) is 36.1 Å². The van der Waals surface area contributed by atoms with Gasteiger partial charge in [-0.3, -0.25) is 19.4 Å². The zero-order valence-electron chi connectivity index (χ0n) is 16.1. The molecule has 1 atom stereocenters. The lowest BCUT2D eigenvalue weighted by atomic mass is 10.1. The molecule has 1 aliphatic heterocycles. The van der Waals surface area contributed by atoms with Crippen LogP contribution in [0.2, 0.25) is 0 Å². The maximum absolute atomic E-state index is 12.6. The molecular formula is C20H31N3O3. The van der Waals surface area contributed by atoms with Gasteiger partial charge in [-0.05, 0) is 31.4 Å². The van der Waals surface area contributed by atoms with Crippen molar-refractivity contribution >= 4 is 11.9 Å². The minimum atomic E-state index is -0.888. The highest BCUT2D eigenvalue weighted by molar-refractivity contribution is 5.79. The van der Waals surface area contributed by atoms with Crippen LogP contribution in [0.25, 0.3) is 0 Å². The van der Waals surface area contributed by atoms with Crippen LogP contribution < -0.4 is 0 Å². The molecule has 0 spiro atoms. The zero-order chi connectivity index (χ0) is 19.1. The van der Waals surface area contributed by atoms with Crippen molar-refractivity contribution in [3.05, 3.63) is 35.4 Å². The summed E-state index contributed by atoms with van der Waals surface area (Å²) in [6.45, 7) is 10.2. The fourth-order valence-electron chi connectivity index (χ4n) is 3.26. The summed E-state index contributed by atoms with van der Waals surface area (Å²) in [7, 11) is 0. The standard InChI is InChI=1S/C20H31N3O3/c1-4-17(3)23(15-20(25)26)14-19(24)22-11-9-21(10-12-22)13-18-8-6-5-7-16(18)2/h5-8,17H,4,9-15H2,1-3H3,(H,25,26)/t17-/m1/s1. The third-order valence-corrected chi connectivity index (χ3v) is 5.27. The summed E-state index contributed by atoms with van der Waals surface area (Å²) in [5.74, 6) is -0.858. The van der Waals surface area contributed by atoms with Crippen LogP contribution in [0.1, 0.15) is 31.4 Å². The third-order valence-electron chi connectivity index (χ3n) is 5.27. The first-order valence-corrected chi connectivity index (χ1v) is 9.41. The molecule has 0 saturated carbocycles. The summed E-state index contributed by atoms with van der Waals surface area (Å²) in [6, 6.07) is 8.48. The predicted molar refractivity (Wildman–Crippen MR) is 102 cm³/mol. The Balaban J connectivity index is 1.85. The van der Waals surface area contributed by atoms with Crippen LogP contribution in [0.15, 0.2) is 24.3 Å². The Morgan fingerprint density at radius 1 is 1.15 bits per heavy atom.